The summed E-state index contributed by atoms with van der Waals surface area (Å²) >= 11 is 12.0. The van der Waals surface area contributed by atoms with Gasteiger partial charge in [-0.15, -0.1) is 0 Å². The van der Waals surface area contributed by atoms with Crippen LogP contribution in [0.2, 0.25) is 10.0 Å². The maximum atomic E-state index is 12.6. The molecule has 0 aliphatic carbocycles. The standard InChI is InChI=1S/C16H17Cl2N5O/c1-22-6-8-23(9-7-22)15(24)14-4-5-19-16(21-14)20-13-3-2-11(17)10-12(13)18/h2-5,10H,6-9H2,1H3,(H,19,20,21). The van der Waals surface area contributed by atoms with Crippen LogP contribution in [0.4, 0.5) is 11.6 Å². The molecule has 1 N–H and O–H groups in total. The van der Waals surface area contributed by atoms with Gasteiger partial charge in [0.15, 0.2) is 0 Å². The summed E-state index contributed by atoms with van der Waals surface area (Å²) in [6.45, 7) is 3.13. The second-order valence-electron chi connectivity index (χ2n) is 5.61. The summed E-state index contributed by atoms with van der Waals surface area (Å²) in [6.07, 6.45) is 1.56. The van der Waals surface area contributed by atoms with Crippen molar-refractivity contribution in [2.45, 2.75) is 0 Å². The van der Waals surface area contributed by atoms with Crippen LogP contribution in [0.15, 0.2) is 30.5 Å². The van der Waals surface area contributed by atoms with Gasteiger partial charge in [-0.1, -0.05) is 23.2 Å². The van der Waals surface area contributed by atoms with Crippen LogP contribution in [0, 0.1) is 0 Å². The maximum Gasteiger partial charge on any atom is 0.272 e. The number of anilines is 2. The summed E-state index contributed by atoms with van der Waals surface area (Å²) in [5.41, 5.74) is 0.993. The minimum absolute atomic E-state index is 0.0873. The summed E-state index contributed by atoms with van der Waals surface area (Å²) in [4.78, 5) is 25.0. The van der Waals surface area contributed by atoms with E-state index >= 15 is 0 Å². The van der Waals surface area contributed by atoms with E-state index in [1.165, 1.54) is 0 Å². The Kier molecular flexibility index (Phi) is 5.18. The summed E-state index contributed by atoms with van der Waals surface area (Å²) in [7, 11) is 2.05. The van der Waals surface area contributed by atoms with E-state index in [9.17, 15) is 4.79 Å². The van der Waals surface area contributed by atoms with E-state index in [-0.39, 0.29) is 5.91 Å². The van der Waals surface area contributed by atoms with Crippen molar-refractivity contribution in [3.8, 4) is 0 Å². The van der Waals surface area contributed by atoms with E-state index in [1.807, 2.05) is 7.05 Å². The van der Waals surface area contributed by atoms with Crippen LogP contribution in [0.3, 0.4) is 0 Å². The molecule has 0 atom stereocenters. The number of aromatic nitrogens is 2. The lowest BCUT2D eigenvalue weighted by atomic mass is 10.3. The molecule has 0 bridgehead atoms. The molecule has 1 aromatic heterocycles. The highest BCUT2D eigenvalue weighted by atomic mass is 35.5. The Morgan fingerprint density at radius 1 is 1.17 bits per heavy atom. The summed E-state index contributed by atoms with van der Waals surface area (Å²) in [5.74, 6) is 0.231. The van der Waals surface area contributed by atoms with Crippen LogP contribution in [-0.2, 0) is 0 Å². The molecule has 2 heterocycles. The maximum absolute atomic E-state index is 12.6. The lowest BCUT2D eigenvalue weighted by molar-refractivity contribution is 0.0658. The van der Waals surface area contributed by atoms with Crippen LogP contribution in [0.25, 0.3) is 0 Å². The number of nitrogens with one attached hydrogen (secondary N) is 1. The van der Waals surface area contributed by atoms with Gasteiger partial charge in [0.1, 0.15) is 5.69 Å². The summed E-state index contributed by atoms with van der Waals surface area (Å²) in [5, 5.41) is 4.02. The number of likely N-dealkylation sites (N-methyl/N-ethyl adjacent to an activating group) is 1. The van der Waals surface area contributed by atoms with Crippen LogP contribution in [0.5, 0.6) is 0 Å². The van der Waals surface area contributed by atoms with Gasteiger partial charge in [-0.2, -0.15) is 0 Å². The molecule has 0 radical (unpaired) electrons. The quantitative estimate of drug-likeness (QED) is 0.905. The van der Waals surface area contributed by atoms with Gasteiger partial charge in [-0.3, -0.25) is 4.79 Å². The molecule has 1 fully saturated rings. The van der Waals surface area contributed by atoms with Crippen LogP contribution >= 0.6 is 23.2 Å². The van der Waals surface area contributed by atoms with Crippen molar-refractivity contribution < 1.29 is 4.79 Å². The SMILES string of the molecule is CN1CCN(C(=O)c2ccnc(Nc3ccc(Cl)cc3Cl)n2)CC1. The average molecular weight is 366 g/mol. The molecule has 24 heavy (non-hydrogen) atoms. The molecule has 1 saturated heterocycles. The molecule has 1 aromatic carbocycles. The second-order valence-corrected chi connectivity index (χ2v) is 6.45. The van der Waals surface area contributed by atoms with Crippen molar-refractivity contribution in [1.29, 1.82) is 0 Å². The number of hydrogen-bond acceptors (Lipinski definition) is 5. The second kappa shape index (κ2) is 7.34. The third kappa shape index (κ3) is 3.95. The smallest absolute Gasteiger partial charge is 0.272 e. The first-order chi connectivity index (χ1) is 11.5. The van der Waals surface area contributed by atoms with Crippen LogP contribution < -0.4 is 5.32 Å². The Hall–Kier alpha value is -1.89. The minimum Gasteiger partial charge on any atom is -0.335 e. The van der Waals surface area contributed by atoms with E-state index in [4.69, 9.17) is 23.2 Å². The van der Waals surface area contributed by atoms with E-state index < -0.39 is 0 Å². The van der Waals surface area contributed by atoms with Crippen molar-refractivity contribution in [3.63, 3.8) is 0 Å². The Morgan fingerprint density at radius 3 is 2.62 bits per heavy atom. The molecule has 126 valence electrons. The largest absolute Gasteiger partial charge is 0.335 e. The molecule has 0 unspecified atom stereocenters. The lowest BCUT2D eigenvalue weighted by Gasteiger charge is -2.32. The average Bonchev–Trinajstić information content (AvgIpc) is 2.58. The molecular formula is C16H17Cl2N5O. The molecule has 0 spiro atoms. The monoisotopic (exact) mass is 365 g/mol. The highest BCUT2D eigenvalue weighted by Gasteiger charge is 2.21. The summed E-state index contributed by atoms with van der Waals surface area (Å²) < 4.78 is 0. The van der Waals surface area contributed by atoms with Crippen LogP contribution in [0.1, 0.15) is 10.5 Å². The van der Waals surface area contributed by atoms with Crippen molar-refractivity contribution in [1.82, 2.24) is 19.8 Å². The number of nitrogens with zero attached hydrogens (tertiary/aromatic N) is 4. The fraction of sp³-hybridized carbons (Fsp3) is 0.312. The van der Waals surface area contributed by atoms with Gasteiger partial charge < -0.3 is 15.1 Å². The Labute approximate surface area is 150 Å². The highest BCUT2D eigenvalue weighted by molar-refractivity contribution is 6.36. The van der Waals surface area contributed by atoms with Gasteiger partial charge >= 0.3 is 0 Å². The number of benzene rings is 1. The normalized spacial score (nSPS) is 15.4. The van der Waals surface area contributed by atoms with Gasteiger partial charge in [-0.05, 0) is 31.3 Å². The fourth-order valence-corrected chi connectivity index (χ4v) is 2.88. The number of piperazine rings is 1. The molecule has 1 aliphatic heterocycles. The highest BCUT2D eigenvalue weighted by Crippen LogP contribution is 2.27. The molecule has 2 aromatic rings. The molecule has 1 aliphatic rings. The summed E-state index contributed by atoms with van der Waals surface area (Å²) in [6, 6.07) is 6.71. The van der Waals surface area contributed by atoms with E-state index in [1.54, 1.807) is 35.4 Å². The minimum atomic E-state index is -0.0873. The van der Waals surface area contributed by atoms with Gasteiger partial charge in [0.25, 0.3) is 5.91 Å². The van der Waals surface area contributed by atoms with Gasteiger partial charge in [0.2, 0.25) is 5.95 Å². The van der Waals surface area contributed by atoms with Gasteiger partial charge in [-0.25, -0.2) is 9.97 Å². The molecule has 0 saturated carbocycles. The number of halogens is 2. The molecule has 3 rings (SSSR count). The Balaban J connectivity index is 1.75. The van der Waals surface area contributed by atoms with Crippen molar-refractivity contribution in [2.24, 2.45) is 0 Å². The Bertz CT molecular complexity index is 747. The molecule has 1 amide bonds. The third-order valence-corrected chi connectivity index (χ3v) is 4.39. The number of carbonyl (C=O) groups is 1. The van der Waals surface area contributed by atoms with Crippen LogP contribution in [-0.4, -0.2) is 58.9 Å². The lowest BCUT2D eigenvalue weighted by Crippen LogP contribution is -2.47. The first-order valence-corrected chi connectivity index (χ1v) is 8.31. The molecule has 8 heteroatoms. The first kappa shape index (κ1) is 17.0. The zero-order chi connectivity index (χ0) is 17.1. The first-order valence-electron chi connectivity index (χ1n) is 7.56. The van der Waals surface area contributed by atoms with Crippen molar-refractivity contribution in [2.75, 3.05) is 38.5 Å². The fourth-order valence-electron chi connectivity index (χ4n) is 2.42. The van der Waals surface area contributed by atoms with Gasteiger partial charge in [0.05, 0.1) is 10.7 Å². The number of carbonyl (C=O) groups excluding carboxylic acids is 1. The van der Waals surface area contributed by atoms with Crippen molar-refractivity contribution in [3.05, 3.63) is 46.2 Å². The van der Waals surface area contributed by atoms with E-state index in [2.05, 4.69) is 20.2 Å². The molecule has 6 nitrogen and oxygen atoms in total. The van der Waals surface area contributed by atoms with E-state index in [0.717, 1.165) is 13.1 Å². The number of hydrogen-bond donors (Lipinski definition) is 1. The predicted molar refractivity (Wildman–Crippen MR) is 95.2 cm³/mol. The number of rotatable bonds is 3. The number of amides is 1. The topological polar surface area (TPSA) is 61.4 Å². The molecular weight excluding hydrogens is 349 g/mol. The third-order valence-electron chi connectivity index (χ3n) is 3.84. The van der Waals surface area contributed by atoms with Crippen molar-refractivity contribution >= 4 is 40.7 Å². The zero-order valence-electron chi connectivity index (χ0n) is 13.2. The van der Waals surface area contributed by atoms with E-state index in [0.29, 0.717) is 40.5 Å². The Morgan fingerprint density at radius 2 is 1.92 bits per heavy atom. The zero-order valence-corrected chi connectivity index (χ0v) is 14.7. The van der Waals surface area contributed by atoms with Gasteiger partial charge in [0, 0.05) is 37.4 Å². The predicted octanol–water partition coefficient (Wildman–Crippen LogP) is 2.91.